The van der Waals surface area contributed by atoms with E-state index in [2.05, 4.69) is 10.3 Å². The number of pyridine rings is 1. The molecule has 0 aliphatic carbocycles. The minimum Gasteiger partial charge on any atom is -0.321 e. The zero-order chi connectivity index (χ0) is 20.1. The van der Waals surface area contributed by atoms with Crippen molar-refractivity contribution in [1.82, 2.24) is 4.98 Å². The minimum atomic E-state index is -1.07. The molecule has 1 N–H and O–H groups in total. The first-order valence-corrected chi connectivity index (χ1v) is 8.60. The van der Waals surface area contributed by atoms with Crippen LogP contribution in [0.5, 0.6) is 0 Å². The fourth-order valence-electron chi connectivity index (χ4n) is 2.64. The maximum absolute atomic E-state index is 13.3. The summed E-state index contributed by atoms with van der Waals surface area (Å²) in [5, 5.41) is 2.43. The number of halogens is 2. The largest absolute Gasteiger partial charge is 0.321 e. The molecule has 2 aromatic carbocycles. The highest BCUT2D eigenvalue weighted by atomic mass is 19.2. The molecule has 0 spiro atoms. The quantitative estimate of drug-likeness (QED) is 0.718. The van der Waals surface area contributed by atoms with Gasteiger partial charge in [0.05, 0.1) is 0 Å². The zero-order valence-corrected chi connectivity index (χ0v) is 15.0. The van der Waals surface area contributed by atoms with Gasteiger partial charge >= 0.3 is 0 Å². The maximum atomic E-state index is 13.3. The van der Waals surface area contributed by atoms with E-state index in [0.717, 1.165) is 12.1 Å². The molecule has 5 nitrogen and oxygen atoms in total. The van der Waals surface area contributed by atoms with E-state index in [1.807, 2.05) is 25.1 Å². The third kappa shape index (κ3) is 4.20. The van der Waals surface area contributed by atoms with Gasteiger partial charge in [-0.25, -0.2) is 13.8 Å². The van der Waals surface area contributed by atoms with Crippen molar-refractivity contribution < 1.29 is 18.4 Å². The molecule has 0 unspecified atom stereocenters. The van der Waals surface area contributed by atoms with Crippen LogP contribution in [0.1, 0.15) is 27.9 Å². The molecule has 0 saturated heterocycles. The number of hydrogen-bond acceptors (Lipinski definition) is 3. The summed E-state index contributed by atoms with van der Waals surface area (Å²) in [7, 11) is 0. The van der Waals surface area contributed by atoms with Crippen molar-refractivity contribution in [3.63, 3.8) is 0 Å². The number of benzene rings is 2. The zero-order valence-electron chi connectivity index (χ0n) is 15.0. The van der Waals surface area contributed by atoms with Crippen LogP contribution in [0.15, 0.2) is 66.7 Å². The van der Waals surface area contributed by atoms with E-state index < -0.39 is 17.5 Å². The second kappa shape index (κ2) is 8.39. The molecule has 1 heterocycles. The highest BCUT2D eigenvalue weighted by Gasteiger charge is 2.19. The Morgan fingerprint density at radius 1 is 0.929 bits per heavy atom. The first-order chi connectivity index (χ1) is 13.5. The monoisotopic (exact) mass is 381 g/mol. The van der Waals surface area contributed by atoms with E-state index in [4.69, 9.17) is 0 Å². The number of hydrogen-bond donors (Lipinski definition) is 1. The molecule has 0 aliphatic rings. The molecule has 0 aliphatic heterocycles. The van der Waals surface area contributed by atoms with Crippen molar-refractivity contribution in [2.45, 2.75) is 6.92 Å². The first kappa shape index (κ1) is 19.2. The maximum Gasteiger partial charge on any atom is 0.276 e. The lowest BCUT2D eigenvalue weighted by atomic mass is 10.2. The van der Waals surface area contributed by atoms with Gasteiger partial charge in [0, 0.05) is 24.0 Å². The van der Waals surface area contributed by atoms with Crippen molar-refractivity contribution in [3.05, 3.63) is 89.8 Å². The van der Waals surface area contributed by atoms with Gasteiger partial charge in [-0.15, -0.1) is 0 Å². The Labute approximate surface area is 160 Å². The van der Waals surface area contributed by atoms with E-state index in [-0.39, 0.29) is 23.0 Å². The molecule has 0 saturated carbocycles. The lowest BCUT2D eigenvalue weighted by Gasteiger charge is -2.20. The second-order valence-corrected chi connectivity index (χ2v) is 5.88. The van der Waals surface area contributed by atoms with Crippen LogP contribution < -0.4 is 10.2 Å². The Hall–Kier alpha value is -3.61. The fourth-order valence-corrected chi connectivity index (χ4v) is 2.64. The highest BCUT2D eigenvalue weighted by molar-refractivity contribution is 6.07. The van der Waals surface area contributed by atoms with Gasteiger partial charge in [-0.1, -0.05) is 24.3 Å². The number of carbonyl (C=O) groups is 2. The standard InChI is InChI=1S/C21H17F2N3O2/c1-2-26(15-7-4-3-5-8-15)21(28)19-10-6-9-18(25-19)20(27)24-14-11-12-16(22)17(23)13-14/h3-13H,2H2,1H3,(H,24,27). The van der Waals surface area contributed by atoms with Gasteiger partial charge in [-0.05, 0) is 43.3 Å². The lowest BCUT2D eigenvalue weighted by Crippen LogP contribution is -2.31. The Kier molecular flexibility index (Phi) is 5.74. The number of para-hydroxylation sites is 1. The van der Waals surface area contributed by atoms with E-state index in [1.54, 1.807) is 23.1 Å². The molecule has 0 fully saturated rings. The van der Waals surface area contributed by atoms with Gasteiger partial charge in [-0.2, -0.15) is 0 Å². The topological polar surface area (TPSA) is 62.3 Å². The predicted molar refractivity (Wildman–Crippen MR) is 102 cm³/mol. The number of rotatable bonds is 5. The summed E-state index contributed by atoms with van der Waals surface area (Å²) in [6.45, 7) is 2.26. The Balaban J connectivity index is 1.81. The van der Waals surface area contributed by atoms with Crippen LogP contribution in [0, 0.1) is 11.6 Å². The summed E-state index contributed by atoms with van der Waals surface area (Å²) >= 11 is 0. The molecular weight excluding hydrogens is 364 g/mol. The van der Waals surface area contributed by atoms with Crippen LogP contribution in [0.3, 0.4) is 0 Å². The van der Waals surface area contributed by atoms with Crippen LogP contribution in [-0.2, 0) is 0 Å². The number of aromatic nitrogens is 1. The summed E-state index contributed by atoms with van der Waals surface area (Å²) in [5.74, 6) is -3.07. The average Bonchev–Trinajstić information content (AvgIpc) is 2.72. The molecule has 28 heavy (non-hydrogen) atoms. The van der Waals surface area contributed by atoms with Gasteiger partial charge in [0.1, 0.15) is 11.4 Å². The summed E-state index contributed by atoms with van der Waals surface area (Å²) < 4.78 is 26.3. The SMILES string of the molecule is CCN(C(=O)c1cccc(C(=O)Nc2ccc(F)c(F)c2)n1)c1ccccc1. The average molecular weight is 381 g/mol. The molecule has 1 aromatic heterocycles. The van der Waals surface area contributed by atoms with E-state index in [9.17, 15) is 18.4 Å². The Morgan fingerprint density at radius 3 is 2.32 bits per heavy atom. The normalized spacial score (nSPS) is 10.4. The Bertz CT molecular complexity index is 1010. The number of nitrogens with one attached hydrogen (secondary N) is 1. The van der Waals surface area contributed by atoms with Gasteiger partial charge in [0.2, 0.25) is 0 Å². The van der Waals surface area contributed by atoms with Gasteiger partial charge in [0.15, 0.2) is 11.6 Å². The van der Waals surface area contributed by atoms with Crippen molar-refractivity contribution >= 4 is 23.2 Å². The molecule has 142 valence electrons. The van der Waals surface area contributed by atoms with E-state index in [1.165, 1.54) is 18.2 Å². The number of nitrogens with zero attached hydrogens (tertiary/aromatic N) is 2. The Morgan fingerprint density at radius 2 is 1.64 bits per heavy atom. The summed E-state index contributed by atoms with van der Waals surface area (Å²) in [6, 6.07) is 16.6. The minimum absolute atomic E-state index is 0.0142. The molecule has 0 radical (unpaired) electrons. The fraction of sp³-hybridized carbons (Fsp3) is 0.0952. The van der Waals surface area contributed by atoms with E-state index >= 15 is 0 Å². The van der Waals surface area contributed by atoms with Gasteiger partial charge in [0.25, 0.3) is 11.8 Å². The molecule has 3 rings (SSSR count). The number of amides is 2. The lowest BCUT2D eigenvalue weighted by molar-refractivity contribution is 0.0983. The predicted octanol–water partition coefficient (Wildman–Crippen LogP) is 4.28. The molecule has 0 bridgehead atoms. The van der Waals surface area contributed by atoms with Gasteiger partial charge < -0.3 is 10.2 Å². The van der Waals surface area contributed by atoms with Crippen molar-refractivity contribution in [3.8, 4) is 0 Å². The van der Waals surface area contributed by atoms with Crippen LogP contribution >= 0.6 is 0 Å². The summed E-state index contributed by atoms with van der Waals surface area (Å²) in [4.78, 5) is 30.9. The highest BCUT2D eigenvalue weighted by Crippen LogP contribution is 2.17. The summed E-state index contributed by atoms with van der Waals surface area (Å²) in [6.07, 6.45) is 0. The summed E-state index contributed by atoms with van der Waals surface area (Å²) in [5.41, 5.74) is 0.888. The molecule has 7 heteroatoms. The third-order valence-corrected chi connectivity index (χ3v) is 4.01. The van der Waals surface area contributed by atoms with Crippen LogP contribution in [0.25, 0.3) is 0 Å². The van der Waals surface area contributed by atoms with Crippen molar-refractivity contribution in [1.29, 1.82) is 0 Å². The van der Waals surface area contributed by atoms with Crippen LogP contribution in [0.2, 0.25) is 0 Å². The third-order valence-electron chi connectivity index (χ3n) is 4.01. The molecule has 3 aromatic rings. The second-order valence-electron chi connectivity index (χ2n) is 5.88. The van der Waals surface area contributed by atoms with Crippen LogP contribution in [-0.4, -0.2) is 23.3 Å². The molecule has 2 amide bonds. The van der Waals surface area contributed by atoms with Gasteiger partial charge in [-0.3, -0.25) is 9.59 Å². The molecular formula is C21H17F2N3O2. The van der Waals surface area contributed by atoms with Crippen molar-refractivity contribution in [2.24, 2.45) is 0 Å². The smallest absolute Gasteiger partial charge is 0.276 e. The first-order valence-electron chi connectivity index (χ1n) is 8.60. The number of anilines is 2. The van der Waals surface area contributed by atoms with Crippen molar-refractivity contribution in [2.75, 3.05) is 16.8 Å². The van der Waals surface area contributed by atoms with E-state index in [0.29, 0.717) is 12.2 Å². The van der Waals surface area contributed by atoms with Crippen LogP contribution in [0.4, 0.5) is 20.2 Å². The number of carbonyl (C=O) groups excluding carboxylic acids is 2. The molecule has 0 atom stereocenters.